The zero-order valence-electron chi connectivity index (χ0n) is 15.2. The van der Waals surface area contributed by atoms with Gasteiger partial charge in [0, 0.05) is 13.1 Å². The summed E-state index contributed by atoms with van der Waals surface area (Å²) in [6.45, 7) is 1.34. The first-order valence-electron chi connectivity index (χ1n) is 9.05. The number of amides is 1. The lowest BCUT2D eigenvalue weighted by Crippen LogP contribution is -2.32. The number of carbonyl (C=O) groups excluding carboxylic acids is 1. The molecule has 1 saturated heterocycles. The fourth-order valence-electron chi connectivity index (χ4n) is 3.24. The summed E-state index contributed by atoms with van der Waals surface area (Å²) < 4.78 is 51.6. The van der Waals surface area contributed by atoms with Gasteiger partial charge in [0.2, 0.25) is 0 Å². The number of ether oxygens (including phenoxy) is 2. The molecule has 0 unspecified atom stereocenters. The molecule has 1 aliphatic heterocycles. The quantitative estimate of drug-likeness (QED) is 0.629. The van der Waals surface area contributed by atoms with Crippen LogP contribution < -0.4 is 9.47 Å². The fourth-order valence-corrected chi connectivity index (χ4v) is 3.24. The van der Waals surface area contributed by atoms with E-state index >= 15 is 0 Å². The van der Waals surface area contributed by atoms with Crippen LogP contribution in [0.25, 0.3) is 22.1 Å². The van der Waals surface area contributed by atoms with Crippen LogP contribution in [-0.4, -0.2) is 42.0 Å². The Balaban J connectivity index is 1.51. The maximum absolute atomic E-state index is 12.3. The van der Waals surface area contributed by atoms with Gasteiger partial charge in [-0.2, -0.15) is 0 Å². The lowest BCUT2D eigenvalue weighted by atomic mass is 10.0. The Bertz CT molecular complexity index is 1010. The van der Waals surface area contributed by atoms with Gasteiger partial charge in [-0.1, -0.05) is 18.2 Å². The number of likely N-dealkylation sites (tertiary alicyclic amines) is 1. The number of alkyl halides is 3. The van der Waals surface area contributed by atoms with Gasteiger partial charge in [-0.25, -0.2) is 0 Å². The summed E-state index contributed by atoms with van der Waals surface area (Å²) in [5.74, 6) is -0.196. The van der Waals surface area contributed by atoms with E-state index in [1.807, 2.05) is 0 Å². The van der Waals surface area contributed by atoms with Crippen molar-refractivity contribution in [1.82, 2.24) is 10.1 Å². The molecule has 1 amide bonds. The van der Waals surface area contributed by atoms with Gasteiger partial charge in [0.15, 0.2) is 12.2 Å². The molecule has 3 aromatic rings. The van der Waals surface area contributed by atoms with Crippen LogP contribution in [0.1, 0.15) is 12.8 Å². The number of fused-ring (bicyclic) bond motifs is 1. The van der Waals surface area contributed by atoms with Crippen LogP contribution in [0.5, 0.6) is 11.6 Å². The van der Waals surface area contributed by atoms with Crippen LogP contribution in [0, 0.1) is 0 Å². The number of hydrogen-bond acceptors (Lipinski definition) is 5. The summed E-state index contributed by atoms with van der Waals surface area (Å²) >= 11 is 0. The number of halogens is 3. The van der Waals surface area contributed by atoms with E-state index in [1.165, 1.54) is 24.3 Å². The molecule has 2 aromatic carbocycles. The number of nitrogens with zero attached hydrogens (tertiary/aromatic N) is 2. The highest BCUT2D eigenvalue weighted by atomic mass is 19.4. The molecular formula is C20H17F3N2O4. The van der Waals surface area contributed by atoms with Crippen molar-refractivity contribution in [3.8, 4) is 22.8 Å². The van der Waals surface area contributed by atoms with Gasteiger partial charge in [-0.15, -0.1) is 13.2 Å². The zero-order chi connectivity index (χ0) is 20.4. The summed E-state index contributed by atoms with van der Waals surface area (Å²) in [6.07, 6.45) is -2.74. The fraction of sp³-hybridized carbons (Fsp3) is 0.300. The second kappa shape index (κ2) is 7.65. The second-order valence-corrected chi connectivity index (χ2v) is 6.65. The van der Waals surface area contributed by atoms with Crippen LogP contribution in [0.3, 0.4) is 0 Å². The number of rotatable bonds is 5. The Hall–Kier alpha value is -3.23. The first-order chi connectivity index (χ1) is 13.9. The number of hydrogen-bond donors (Lipinski definition) is 0. The zero-order valence-corrected chi connectivity index (χ0v) is 15.2. The van der Waals surface area contributed by atoms with Crippen molar-refractivity contribution < 1.29 is 32.0 Å². The SMILES string of the molecule is O=C(COc1noc2ccc(-c3ccc(OC(F)(F)F)cc3)cc12)N1CCCC1. The summed E-state index contributed by atoms with van der Waals surface area (Å²) in [4.78, 5) is 13.9. The highest BCUT2D eigenvalue weighted by molar-refractivity contribution is 5.87. The molecule has 0 spiro atoms. The molecule has 2 heterocycles. The smallest absolute Gasteiger partial charge is 0.465 e. The van der Waals surface area contributed by atoms with Crippen LogP contribution in [0.4, 0.5) is 13.2 Å². The Morgan fingerprint density at radius 2 is 1.76 bits per heavy atom. The van der Waals surface area contributed by atoms with E-state index in [4.69, 9.17) is 9.26 Å². The molecule has 0 N–H and O–H groups in total. The molecule has 0 atom stereocenters. The van der Waals surface area contributed by atoms with Gasteiger partial charge in [0.1, 0.15) is 5.75 Å². The van der Waals surface area contributed by atoms with Crippen molar-refractivity contribution in [3.63, 3.8) is 0 Å². The molecule has 0 bridgehead atoms. The predicted molar refractivity (Wildman–Crippen MR) is 97.4 cm³/mol. The topological polar surface area (TPSA) is 64.8 Å². The molecule has 1 aliphatic rings. The van der Waals surface area contributed by atoms with Crippen LogP contribution in [0.15, 0.2) is 47.0 Å². The molecule has 4 rings (SSSR count). The Labute approximate surface area is 163 Å². The molecule has 0 aliphatic carbocycles. The molecule has 1 fully saturated rings. The lowest BCUT2D eigenvalue weighted by molar-refractivity contribution is -0.274. The second-order valence-electron chi connectivity index (χ2n) is 6.65. The average molecular weight is 406 g/mol. The van der Waals surface area contributed by atoms with Gasteiger partial charge in [0.25, 0.3) is 11.8 Å². The van der Waals surface area contributed by atoms with Gasteiger partial charge < -0.3 is 18.9 Å². The first kappa shape index (κ1) is 19.1. The first-order valence-corrected chi connectivity index (χ1v) is 9.05. The molecule has 0 saturated carbocycles. The molecule has 6 nitrogen and oxygen atoms in total. The van der Waals surface area contributed by atoms with E-state index in [2.05, 4.69) is 9.89 Å². The molecule has 152 valence electrons. The van der Waals surface area contributed by atoms with Crippen LogP contribution >= 0.6 is 0 Å². The van der Waals surface area contributed by atoms with Crippen molar-refractivity contribution in [2.75, 3.05) is 19.7 Å². The maximum Gasteiger partial charge on any atom is 0.573 e. The van der Waals surface area contributed by atoms with E-state index in [0.29, 0.717) is 16.5 Å². The highest BCUT2D eigenvalue weighted by Gasteiger charge is 2.31. The van der Waals surface area contributed by atoms with Crippen LogP contribution in [-0.2, 0) is 4.79 Å². The lowest BCUT2D eigenvalue weighted by Gasteiger charge is -2.14. The van der Waals surface area contributed by atoms with Crippen molar-refractivity contribution in [1.29, 1.82) is 0 Å². The van der Waals surface area contributed by atoms with Crippen molar-refractivity contribution >= 4 is 16.9 Å². The Morgan fingerprint density at radius 3 is 2.45 bits per heavy atom. The van der Waals surface area contributed by atoms with E-state index in [-0.39, 0.29) is 24.1 Å². The third-order valence-corrected chi connectivity index (χ3v) is 4.65. The van der Waals surface area contributed by atoms with Crippen molar-refractivity contribution in [2.24, 2.45) is 0 Å². The van der Waals surface area contributed by atoms with Gasteiger partial charge in [-0.05, 0) is 53.4 Å². The summed E-state index contributed by atoms with van der Waals surface area (Å²) in [6, 6.07) is 10.7. The largest absolute Gasteiger partial charge is 0.573 e. The third-order valence-electron chi connectivity index (χ3n) is 4.65. The van der Waals surface area contributed by atoms with Crippen molar-refractivity contribution in [3.05, 3.63) is 42.5 Å². The Kier molecular flexibility index (Phi) is 5.04. The van der Waals surface area contributed by atoms with Gasteiger partial charge in [-0.3, -0.25) is 4.79 Å². The van der Waals surface area contributed by atoms with Gasteiger partial charge in [0.05, 0.1) is 5.39 Å². The van der Waals surface area contributed by atoms with Crippen LogP contribution in [0.2, 0.25) is 0 Å². The third kappa shape index (κ3) is 4.44. The highest BCUT2D eigenvalue weighted by Crippen LogP contribution is 2.32. The van der Waals surface area contributed by atoms with E-state index in [0.717, 1.165) is 31.5 Å². The summed E-state index contributed by atoms with van der Waals surface area (Å²) in [7, 11) is 0. The summed E-state index contributed by atoms with van der Waals surface area (Å²) in [5.41, 5.74) is 1.89. The van der Waals surface area contributed by atoms with Gasteiger partial charge >= 0.3 is 6.36 Å². The minimum Gasteiger partial charge on any atom is -0.465 e. The number of benzene rings is 2. The van der Waals surface area contributed by atoms with E-state index in [9.17, 15) is 18.0 Å². The summed E-state index contributed by atoms with van der Waals surface area (Å²) in [5, 5.41) is 4.45. The molecule has 0 radical (unpaired) electrons. The maximum atomic E-state index is 12.3. The van der Waals surface area contributed by atoms with E-state index < -0.39 is 6.36 Å². The normalized spacial score (nSPS) is 14.4. The molecule has 29 heavy (non-hydrogen) atoms. The Morgan fingerprint density at radius 1 is 1.07 bits per heavy atom. The standard InChI is InChI=1S/C20H17F3N2O4/c21-20(22,23)28-15-6-3-13(4-7-15)14-5-8-17-16(11-14)19(24-29-17)27-12-18(26)25-9-1-2-10-25/h3-8,11H,1-2,9-10,12H2. The van der Waals surface area contributed by atoms with E-state index in [1.54, 1.807) is 23.1 Å². The molecule has 9 heteroatoms. The average Bonchev–Trinajstić information content (AvgIpc) is 3.35. The molecular weight excluding hydrogens is 389 g/mol. The molecule has 1 aromatic heterocycles. The number of aromatic nitrogens is 1. The minimum atomic E-state index is -4.73. The number of carbonyl (C=O) groups is 1. The monoisotopic (exact) mass is 406 g/mol. The minimum absolute atomic E-state index is 0.102. The predicted octanol–water partition coefficient (Wildman–Crippen LogP) is 4.39. The van der Waals surface area contributed by atoms with Crippen molar-refractivity contribution in [2.45, 2.75) is 19.2 Å².